The molecule has 0 aliphatic carbocycles. The van der Waals surface area contributed by atoms with Crippen LogP contribution in [0.15, 0.2) is 0 Å². The van der Waals surface area contributed by atoms with Gasteiger partial charge >= 0.3 is 6.03 Å². The molecule has 1 aliphatic rings. The van der Waals surface area contributed by atoms with Crippen molar-refractivity contribution in [3.05, 3.63) is 0 Å². The number of nitrogens with zero attached hydrogens (tertiary/aromatic N) is 1. The molecule has 0 saturated carbocycles. The van der Waals surface area contributed by atoms with Crippen LogP contribution in [-0.2, 0) is 0 Å². The highest BCUT2D eigenvalue weighted by molar-refractivity contribution is 6.19. The summed E-state index contributed by atoms with van der Waals surface area (Å²) in [4.78, 5) is 12.5. The van der Waals surface area contributed by atoms with Crippen LogP contribution in [0.25, 0.3) is 0 Å². The van der Waals surface area contributed by atoms with E-state index in [0.717, 1.165) is 0 Å². The molecule has 58 valence electrons. The van der Waals surface area contributed by atoms with Crippen LogP contribution in [0, 0.1) is 0 Å². The van der Waals surface area contributed by atoms with Crippen LogP contribution in [0.5, 0.6) is 0 Å². The van der Waals surface area contributed by atoms with Gasteiger partial charge in [0.1, 0.15) is 0 Å². The van der Waals surface area contributed by atoms with E-state index in [0.29, 0.717) is 12.4 Å². The molecule has 10 heavy (non-hydrogen) atoms. The van der Waals surface area contributed by atoms with Crippen LogP contribution in [-0.4, -0.2) is 35.9 Å². The molecule has 1 aliphatic heterocycles. The smallest absolute Gasteiger partial charge is 0.317 e. The van der Waals surface area contributed by atoms with Crippen molar-refractivity contribution in [1.29, 1.82) is 0 Å². The highest BCUT2D eigenvalue weighted by Gasteiger charge is 2.35. The molecular weight excluding hydrogens is 152 g/mol. The predicted molar refractivity (Wildman–Crippen MR) is 40.3 cm³/mol. The average molecular weight is 163 g/mol. The Balaban J connectivity index is 2.64. The summed E-state index contributed by atoms with van der Waals surface area (Å²) in [5, 5.41) is 2.78. The van der Waals surface area contributed by atoms with Crippen molar-refractivity contribution in [3.8, 4) is 0 Å². The van der Waals surface area contributed by atoms with Gasteiger partial charge in [0.2, 0.25) is 0 Å². The summed E-state index contributed by atoms with van der Waals surface area (Å²) in [7, 11) is 1.76. The molecule has 1 saturated heterocycles. The number of alkyl halides is 1. The lowest BCUT2D eigenvalue weighted by Crippen LogP contribution is -2.41. The molecule has 0 bridgehead atoms. The number of likely N-dealkylation sites (N-methyl/N-ethyl adjacent to an activating group) is 1. The van der Waals surface area contributed by atoms with Crippen LogP contribution in [0.4, 0.5) is 4.79 Å². The zero-order valence-corrected chi connectivity index (χ0v) is 6.90. The molecule has 3 nitrogen and oxygen atoms in total. The van der Waals surface area contributed by atoms with Gasteiger partial charge in [0.15, 0.2) is 0 Å². The van der Waals surface area contributed by atoms with Crippen molar-refractivity contribution < 1.29 is 4.79 Å². The summed E-state index contributed by atoms with van der Waals surface area (Å²) < 4.78 is 0. The van der Waals surface area contributed by atoms with E-state index in [1.165, 1.54) is 0 Å². The molecule has 1 fully saturated rings. The van der Waals surface area contributed by atoms with Crippen molar-refractivity contribution in [3.63, 3.8) is 0 Å². The van der Waals surface area contributed by atoms with E-state index in [2.05, 4.69) is 5.32 Å². The molecule has 4 heteroatoms. The first-order valence-corrected chi connectivity index (χ1v) is 3.70. The normalized spacial score (nSPS) is 32.7. The fourth-order valence-electron chi connectivity index (χ4n) is 1.06. The molecule has 1 rings (SSSR count). The number of hydrogen-bond acceptors (Lipinski definition) is 1. The number of hydrogen-bond donors (Lipinski definition) is 1. The number of nitrogens with one attached hydrogen (secondary N) is 1. The Labute approximate surface area is 65.3 Å². The molecule has 0 spiro atoms. The Bertz CT molecular complexity index is 162. The Hall–Kier alpha value is -0.440. The van der Waals surface area contributed by atoms with E-state index in [1.54, 1.807) is 11.9 Å². The van der Waals surface area contributed by atoms with Crippen LogP contribution >= 0.6 is 11.6 Å². The van der Waals surface area contributed by atoms with Gasteiger partial charge in [-0.25, -0.2) is 4.79 Å². The summed E-state index contributed by atoms with van der Waals surface area (Å²) in [5.74, 6) is 0.461. The second kappa shape index (κ2) is 2.31. The minimum atomic E-state index is -0.229. The quantitative estimate of drug-likeness (QED) is 0.564. The number of rotatable bonds is 1. The summed E-state index contributed by atoms with van der Waals surface area (Å²) in [6, 6.07) is -0.0387. The van der Waals surface area contributed by atoms with Gasteiger partial charge in [0.05, 0.1) is 5.54 Å². The third kappa shape index (κ3) is 1.19. The molecule has 2 amide bonds. The fraction of sp³-hybridized carbons (Fsp3) is 0.833. The van der Waals surface area contributed by atoms with Gasteiger partial charge in [-0.3, -0.25) is 0 Å². The minimum absolute atomic E-state index is 0.0387. The van der Waals surface area contributed by atoms with Gasteiger partial charge < -0.3 is 10.2 Å². The first-order valence-electron chi connectivity index (χ1n) is 3.17. The molecule has 1 N–H and O–H groups in total. The van der Waals surface area contributed by atoms with Gasteiger partial charge in [0, 0.05) is 19.5 Å². The lowest BCUT2D eigenvalue weighted by atomic mass is 10.1. The number of carbonyl (C=O) groups excluding carboxylic acids is 1. The van der Waals surface area contributed by atoms with Gasteiger partial charge in [-0.15, -0.1) is 11.6 Å². The van der Waals surface area contributed by atoms with E-state index in [9.17, 15) is 4.79 Å². The number of halogens is 1. The average Bonchev–Trinajstić information content (AvgIpc) is 2.10. The number of amides is 2. The summed E-state index contributed by atoms with van der Waals surface area (Å²) in [6.45, 7) is 2.62. The van der Waals surface area contributed by atoms with Crippen molar-refractivity contribution >= 4 is 17.6 Å². The zero-order chi connectivity index (χ0) is 7.78. The van der Waals surface area contributed by atoms with Crippen molar-refractivity contribution in [2.24, 2.45) is 0 Å². The number of carbonyl (C=O) groups is 1. The summed E-state index contributed by atoms with van der Waals surface area (Å²) in [5.41, 5.74) is -0.229. The van der Waals surface area contributed by atoms with E-state index in [1.807, 2.05) is 6.92 Å². The van der Waals surface area contributed by atoms with Crippen LogP contribution in [0.2, 0.25) is 0 Å². The second-order valence-corrected chi connectivity index (χ2v) is 3.25. The van der Waals surface area contributed by atoms with Crippen molar-refractivity contribution in [2.75, 3.05) is 19.5 Å². The highest BCUT2D eigenvalue weighted by atomic mass is 35.5. The monoisotopic (exact) mass is 162 g/mol. The largest absolute Gasteiger partial charge is 0.330 e. The lowest BCUT2D eigenvalue weighted by Gasteiger charge is -2.18. The van der Waals surface area contributed by atoms with Crippen LogP contribution in [0.3, 0.4) is 0 Å². The predicted octanol–water partition coefficient (Wildman–Crippen LogP) is 0.639. The van der Waals surface area contributed by atoms with Crippen LogP contribution < -0.4 is 5.32 Å². The van der Waals surface area contributed by atoms with Crippen molar-refractivity contribution in [1.82, 2.24) is 10.2 Å². The van der Waals surface area contributed by atoms with Gasteiger partial charge in [-0.05, 0) is 6.92 Å². The summed E-state index contributed by atoms with van der Waals surface area (Å²) in [6.07, 6.45) is 0. The lowest BCUT2D eigenvalue weighted by molar-refractivity contribution is 0.226. The Morgan fingerprint density at radius 1 is 1.90 bits per heavy atom. The zero-order valence-electron chi connectivity index (χ0n) is 6.15. The van der Waals surface area contributed by atoms with Gasteiger partial charge in [-0.2, -0.15) is 0 Å². The first kappa shape index (κ1) is 7.66. The second-order valence-electron chi connectivity index (χ2n) is 2.98. The highest BCUT2D eigenvalue weighted by Crippen LogP contribution is 2.14. The molecule has 1 atom stereocenters. The summed E-state index contributed by atoms with van der Waals surface area (Å²) >= 11 is 5.64. The molecular formula is C6H11ClN2O. The Morgan fingerprint density at radius 2 is 2.50 bits per heavy atom. The maximum absolute atomic E-state index is 10.9. The molecule has 0 aromatic rings. The van der Waals surface area contributed by atoms with Gasteiger partial charge in [-0.1, -0.05) is 0 Å². The van der Waals surface area contributed by atoms with E-state index >= 15 is 0 Å². The van der Waals surface area contributed by atoms with Crippen molar-refractivity contribution in [2.45, 2.75) is 12.5 Å². The standard InChI is InChI=1S/C6H11ClN2O/c1-6(3-7)4-9(2)5(10)8-6/h3-4H2,1-2H3,(H,8,10)/t6-/m1/s1. The third-order valence-corrected chi connectivity index (χ3v) is 2.23. The Kier molecular flexibility index (Phi) is 1.77. The molecule has 0 aromatic carbocycles. The van der Waals surface area contributed by atoms with Crippen LogP contribution in [0.1, 0.15) is 6.92 Å². The topological polar surface area (TPSA) is 32.3 Å². The maximum atomic E-state index is 10.9. The van der Waals surface area contributed by atoms with Gasteiger partial charge in [0.25, 0.3) is 0 Å². The fourth-order valence-corrected chi connectivity index (χ4v) is 1.22. The first-order chi connectivity index (χ1) is 4.57. The Morgan fingerprint density at radius 3 is 2.70 bits per heavy atom. The van der Waals surface area contributed by atoms with E-state index in [4.69, 9.17) is 11.6 Å². The number of urea groups is 1. The van der Waals surface area contributed by atoms with E-state index < -0.39 is 0 Å². The minimum Gasteiger partial charge on any atom is -0.330 e. The molecule has 1 heterocycles. The molecule has 0 aromatic heterocycles. The maximum Gasteiger partial charge on any atom is 0.317 e. The molecule has 0 radical (unpaired) electrons. The SMILES string of the molecule is CN1C[C@@](C)(CCl)NC1=O. The third-order valence-electron chi connectivity index (χ3n) is 1.64. The molecule has 0 unspecified atom stereocenters. The van der Waals surface area contributed by atoms with E-state index in [-0.39, 0.29) is 11.6 Å².